The summed E-state index contributed by atoms with van der Waals surface area (Å²) in [4.78, 5) is 0. The summed E-state index contributed by atoms with van der Waals surface area (Å²) in [7, 11) is 0. The Balaban J connectivity index is 2.31. The van der Waals surface area contributed by atoms with E-state index in [0.29, 0.717) is 6.54 Å². The minimum Gasteiger partial charge on any atom is -0.330 e. The number of hydrogen-bond donors (Lipinski definition) is 1. The molecule has 0 unspecified atom stereocenters. The first kappa shape index (κ1) is 11.9. The van der Waals surface area contributed by atoms with Crippen LogP contribution in [0, 0.1) is 6.07 Å². The third-order valence-electron chi connectivity index (χ3n) is 3.22. The summed E-state index contributed by atoms with van der Waals surface area (Å²) in [5.74, 6) is 0. The highest BCUT2D eigenvalue weighted by atomic mass is 14.6. The Morgan fingerprint density at radius 1 is 1.06 bits per heavy atom. The number of rotatable bonds is 3. The first-order chi connectivity index (χ1) is 8.13. The van der Waals surface area contributed by atoms with Gasteiger partial charge in [0.2, 0.25) is 0 Å². The van der Waals surface area contributed by atoms with Crippen molar-refractivity contribution in [3.63, 3.8) is 0 Å². The van der Waals surface area contributed by atoms with Crippen molar-refractivity contribution >= 4 is 0 Å². The van der Waals surface area contributed by atoms with Crippen LogP contribution in [0.15, 0.2) is 48.5 Å². The molecule has 17 heavy (non-hydrogen) atoms. The largest absolute Gasteiger partial charge is 0.330 e. The minimum absolute atomic E-state index is 0.0430. The van der Waals surface area contributed by atoms with Gasteiger partial charge < -0.3 is 5.73 Å². The second-order valence-electron chi connectivity index (χ2n) is 4.96. The molecule has 0 aliphatic rings. The Labute approximate surface area is 103 Å². The molecule has 1 heteroatoms. The average molecular weight is 224 g/mol. The van der Waals surface area contributed by atoms with E-state index in [2.05, 4.69) is 50.2 Å². The molecule has 0 aliphatic heterocycles. The van der Waals surface area contributed by atoms with E-state index in [-0.39, 0.29) is 5.41 Å². The highest BCUT2D eigenvalue weighted by Gasteiger charge is 2.17. The van der Waals surface area contributed by atoms with Crippen LogP contribution in [0.5, 0.6) is 0 Å². The van der Waals surface area contributed by atoms with Crippen LogP contribution in [0.25, 0.3) is 11.1 Å². The van der Waals surface area contributed by atoms with E-state index >= 15 is 0 Å². The molecular weight excluding hydrogens is 206 g/mol. The van der Waals surface area contributed by atoms with Gasteiger partial charge in [-0.2, -0.15) is 0 Å². The molecular formula is C16H18N. The fourth-order valence-corrected chi connectivity index (χ4v) is 1.80. The van der Waals surface area contributed by atoms with Crippen LogP contribution < -0.4 is 5.73 Å². The fraction of sp³-hybridized carbons (Fsp3) is 0.250. The Bertz CT molecular complexity index is 469. The van der Waals surface area contributed by atoms with Crippen LogP contribution in [-0.4, -0.2) is 6.54 Å². The molecule has 0 aliphatic carbocycles. The molecule has 0 fully saturated rings. The predicted molar refractivity (Wildman–Crippen MR) is 72.8 cm³/mol. The Hall–Kier alpha value is -1.60. The zero-order valence-electron chi connectivity index (χ0n) is 10.4. The highest BCUT2D eigenvalue weighted by molar-refractivity contribution is 5.63. The molecule has 0 saturated carbocycles. The molecule has 0 spiro atoms. The van der Waals surface area contributed by atoms with Gasteiger partial charge in [-0.25, -0.2) is 0 Å². The van der Waals surface area contributed by atoms with Gasteiger partial charge in [0.25, 0.3) is 0 Å². The molecule has 87 valence electrons. The lowest BCUT2D eigenvalue weighted by Crippen LogP contribution is -2.27. The molecule has 0 amide bonds. The van der Waals surface area contributed by atoms with Gasteiger partial charge in [-0.3, -0.25) is 0 Å². The fourth-order valence-electron chi connectivity index (χ4n) is 1.80. The minimum atomic E-state index is 0.0430. The Kier molecular flexibility index (Phi) is 3.30. The van der Waals surface area contributed by atoms with Crippen molar-refractivity contribution in [2.24, 2.45) is 5.73 Å². The number of hydrogen-bond acceptors (Lipinski definition) is 1. The summed E-state index contributed by atoms with van der Waals surface area (Å²) < 4.78 is 0. The van der Waals surface area contributed by atoms with Crippen LogP contribution in [0.4, 0.5) is 0 Å². The average Bonchev–Trinajstić information content (AvgIpc) is 2.40. The van der Waals surface area contributed by atoms with Gasteiger partial charge in [-0.1, -0.05) is 56.3 Å². The number of benzene rings is 2. The van der Waals surface area contributed by atoms with E-state index in [0.717, 1.165) is 0 Å². The molecule has 1 nitrogen and oxygen atoms in total. The summed E-state index contributed by atoms with van der Waals surface area (Å²) in [6, 6.07) is 19.7. The zero-order valence-corrected chi connectivity index (χ0v) is 10.4. The molecule has 0 saturated heterocycles. The monoisotopic (exact) mass is 224 g/mol. The summed E-state index contributed by atoms with van der Waals surface area (Å²) in [6.45, 7) is 4.99. The van der Waals surface area contributed by atoms with E-state index in [1.165, 1.54) is 16.7 Å². The summed E-state index contributed by atoms with van der Waals surface area (Å²) in [6.07, 6.45) is 0. The zero-order chi connectivity index (χ0) is 12.3. The number of nitrogens with two attached hydrogens (primary N) is 1. The third kappa shape index (κ3) is 2.56. The second-order valence-corrected chi connectivity index (χ2v) is 4.96. The van der Waals surface area contributed by atoms with Gasteiger partial charge in [0, 0.05) is 12.0 Å². The van der Waals surface area contributed by atoms with Crippen molar-refractivity contribution in [2.75, 3.05) is 6.54 Å². The second kappa shape index (κ2) is 4.72. The molecule has 2 aromatic carbocycles. The molecule has 0 atom stereocenters. The lowest BCUT2D eigenvalue weighted by atomic mass is 9.84. The maximum Gasteiger partial charge on any atom is 0.00190 e. The van der Waals surface area contributed by atoms with Crippen molar-refractivity contribution in [1.29, 1.82) is 0 Å². The van der Waals surface area contributed by atoms with Crippen LogP contribution in [0.1, 0.15) is 19.4 Å². The molecule has 0 bridgehead atoms. The Morgan fingerprint density at radius 2 is 1.76 bits per heavy atom. The van der Waals surface area contributed by atoms with Crippen molar-refractivity contribution < 1.29 is 0 Å². The third-order valence-corrected chi connectivity index (χ3v) is 3.22. The molecule has 2 rings (SSSR count). The first-order valence-corrected chi connectivity index (χ1v) is 5.90. The van der Waals surface area contributed by atoms with E-state index in [1.54, 1.807) is 0 Å². The van der Waals surface area contributed by atoms with Crippen molar-refractivity contribution in [3.8, 4) is 11.1 Å². The van der Waals surface area contributed by atoms with E-state index in [9.17, 15) is 0 Å². The van der Waals surface area contributed by atoms with Crippen molar-refractivity contribution in [2.45, 2.75) is 19.3 Å². The predicted octanol–water partition coefficient (Wildman–Crippen LogP) is 3.39. The topological polar surface area (TPSA) is 26.0 Å². The van der Waals surface area contributed by atoms with Crippen molar-refractivity contribution in [3.05, 3.63) is 60.2 Å². The van der Waals surface area contributed by atoms with Gasteiger partial charge in [-0.05, 0) is 28.8 Å². The van der Waals surface area contributed by atoms with E-state index in [1.807, 2.05) is 18.2 Å². The van der Waals surface area contributed by atoms with E-state index < -0.39 is 0 Å². The molecule has 2 N–H and O–H groups in total. The smallest absolute Gasteiger partial charge is 0.00190 e. The first-order valence-electron chi connectivity index (χ1n) is 5.90. The van der Waals surface area contributed by atoms with Gasteiger partial charge in [-0.15, -0.1) is 0 Å². The SMILES string of the molecule is CC(C)(CN)c1ccc(-c2c[c]ccc2)cc1. The molecule has 0 heterocycles. The van der Waals surface area contributed by atoms with Crippen LogP contribution >= 0.6 is 0 Å². The van der Waals surface area contributed by atoms with Gasteiger partial charge >= 0.3 is 0 Å². The van der Waals surface area contributed by atoms with Crippen LogP contribution in [0.3, 0.4) is 0 Å². The molecule has 2 aromatic rings. The Morgan fingerprint density at radius 3 is 2.29 bits per heavy atom. The maximum absolute atomic E-state index is 5.78. The summed E-state index contributed by atoms with van der Waals surface area (Å²) >= 11 is 0. The highest BCUT2D eigenvalue weighted by Crippen LogP contribution is 2.25. The standard InChI is InChI=1S/C16H18N/c1-16(2,12-17)15-10-8-14(9-11-15)13-6-4-3-5-7-13/h3-4,6-11H,12,17H2,1-2H3. The lowest BCUT2D eigenvalue weighted by Gasteiger charge is -2.23. The quantitative estimate of drug-likeness (QED) is 0.849. The molecule has 0 aromatic heterocycles. The summed E-state index contributed by atoms with van der Waals surface area (Å²) in [5.41, 5.74) is 9.53. The van der Waals surface area contributed by atoms with Crippen LogP contribution in [0.2, 0.25) is 0 Å². The van der Waals surface area contributed by atoms with Gasteiger partial charge in [0.15, 0.2) is 0 Å². The lowest BCUT2D eigenvalue weighted by molar-refractivity contribution is 0.539. The van der Waals surface area contributed by atoms with Gasteiger partial charge in [0.1, 0.15) is 0 Å². The maximum atomic E-state index is 5.78. The normalized spacial score (nSPS) is 11.5. The van der Waals surface area contributed by atoms with Gasteiger partial charge in [0.05, 0.1) is 0 Å². The van der Waals surface area contributed by atoms with Crippen LogP contribution in [-0.2, 0) is 5.41 Å². The van der Waals surface area contributed by atoms with E-state index in [4.69, 9.17) is 5.73 Å². The molecule has 1 radical (unpaired) electrons. The van der Waals surface area contributed by atoms with Crippen molar-refractivity contribution in [1.82, 2.24) is 0 Å². The summed E-state index contributed by atoms with van der Waals surface area (Å²) in [5, 5.41) is 0.